The molecule has 2 aromatic heterocycles. The number of carboxylic acids is 1. The maximum absolute atomic E-state index is 11.2. The zero-order valence-electron chi connectivity index (χ0n) is 23.5. The van der Waals surface area contributed by atoms with Gasteiger partial charge in [0.05, 0.1) is 37.0 Å². The fourth-order valence-electron chi connectivity index (χ4n) is 5.85. The molecule has 1 fully saturated rings. The van der Waals surface area contributed by atoms with E-state index < -0.39 is 5.97 Å². The van der Waals surface area contributed by atoms with Crippen molar-refractivity contribution in [3.05, 3.63) is 101 Å². The summed E-state index contributed by atoms with van der Waals surface area (Å²) in [5.74, 6) is 1.95. The highest BCUT2D eigenvalue weighted by atomic mass is 35.5. The lowest BCUT2D eigenvalue weighted by Crippen LogP contribution is -2.34. The van der Waals surface area contributed by atoms with Crippen LogP contribution in [0.1, 0.15) is 60.1 Å². The first-order valence-electron chi connectivity index (χ1n) is 14.3. The lowest BCUT2D eigenvalue weighted by atomic mass is 9.88. The van der Waals surface area contributed by atoms with Crippen LogP contribution < -0.4 is 9.47 Å². The summed E-state index contributed by atoms with van der Waals surface area (Å²) in [7, 11) is 0. The first kappa shape index (κ1) is 28.1. The SMILES string of the molecule is CCn1cncc1Cn1c(/C=C/C(=O)O)cnc1CN1CCC(c2cccc3c2OCC(c2ccc(Cl)cc2)O3)CC1. The molecule has 42 heavy (non-hydrogen) atoms. The minimum atomic E-state index is -0.983. The Balaban J connectivity index is 1.13. The van der Waals surface area contributed by atoms with Crippen LogP contribution in [0.2, 0.25) is 5.02 Å². The highest BCUT2D eigenvalue weighted by Crippen LogP contribution is 2.44. The van der Waals surface area contributed by atoms with Crippen molar-refractivity contribution in [2.45, 2.75) is 51.4 Å². The molecule has 1 saturated heterocycles. The summed E-state index contributed by atoms with van der Waals surface area (Å²) in [4.78, 5) is 22.6. The third-order valence-electron chi connectivity index (χ3n) is 8.12. The highest BCUT2D eigenvalue weighted by Gasteiger charge is 2.30. The third kappa shape index (κ3) is 6.07. The van der Waals surface area contributed by atoms with E-state index in [2.05, 4.69) is 38.1 Å². The predicted octanol–water partition coefficient (Wildman–Crippen LogP) is 5.79. The molecule has 218 valence electrons. The number of imidazole rings is 2. The van der Waals surface area contributed by atoms with Crippen molar-refractivity contribution in [2.24, 2.45) is 0 Å². The van der Waals surface area contributed by atoms with Gasteiger partial charge >= 0.3 is 5.97 Å². The van der Waals surface area contributed by atoms with Crippen molar-refractivity contribution in [1.82, 2.24) is 24.0 Å². The summed E-state index contributed by atoms with van der Waals surface area (Å²) in [6.45, 7) is 6.45. The Morgan fingerprint density at radius 3 is 2.69 bits per heavy atom. The quantitative estimate of drug-likeness (QED) is 0.248. The van der Waals surface area contributed by atoms with E-state index in [0.29, 0.717) is 30.6 Å². The van der Waals surface area contributed by atoms with Gasteiger partial charge in [-0.05, 0) is 68.6 Å². The normalized spacial score (nSPS) is 17.6. The van der Waals surface area contributed by atoms with E-state index in [0.717, 1.165) is 72.8 Å². The van der Waals surface area contributed by atoms with Gasteiger partial charge < -0.3 is 23.7 Å². The molecule has 2 aliphatic heterocycles. The Kier molecular flexibility index (Phi) is 8.30. The Morgan fingerprint density at radius 2 is 1.93 bits per heavy atom. The van der Waals surface area contributed by atoms with Gasteiger partial charge in [-0.15, -0.1) is 0 Å². The first-order valence-corrected chi connectivity index (χ1v) is 14.7. The number of hydrogen-bond acceptors (Lipinski definition) is 6. The maximum atomic E-state index is 11.2. The van der Waals surface area contributed by atoms with Crippen molar-refractivity contribution in [3.8, 4) is 11.5 Å². The Hall–Kier alpha value is -4.08. The number of hydrogen-bond donors (Lipinski definition) is 1. The van der Waals surface area contributed by atoms with Gasteiger partial charge in [0.1, 0.15) is 12.4 Å². The van der Waals surface area contributed by atoms with E-state index in [-0.39, 0.29) is 6.10 Å². The molecule has 4 aromatic rings. The second-order valence-corrected chi connectivity index (χ2v) is 11.2. The number of ether oxygens (including phenoxy) is 2. The van der Waals surface area contributed by atoms with Crippen LogP contribution in [0, 0.1) is 0 Å². The molecule has 0 saturated carbocycles. The average Bonchev–Trinajstić information content (AvgIpc) is 3.62. The Morgan fingerprint density at radius 1 is 1.12 bits per heavy atom. The zero-order valence-corrected chi connectivity index (χ0v) is 24.3. The largest absolute Gasteiger partial charge is 0.485 e. The number of halogens is 1. The predicted molar refractivity (Wildman–Crippen MR) is 160 cm³/mol. The number of aliphatic carboxylic acids is 1. The maximum Gasteiger partial charge on any atom is 0.328 e. The zero-order chi connectivity index (χ0) is 29.1. The van der Waals surface area contributed by atoms with Gasteiger partial charge in [-0.3, -0.25) is 4.90 Å². The lowest BCUT2D eigenvalue weighted by molar-refractivity contribution is -0.131. The van der Waals surface area contributed by atoms with E-state index in [1.54, 1.807) is 12.3 Å². The summed E-state index contributed by atoms with van der Waals surface area (Å²) in [5, 5.41) is 9.88. The summed E-state index contributed by atoms with van der Waals surface area (Å²) in [6, 6.07) is 13.9. The fraction of sp³-hybridized carbons (Fsp3) is 0.344. The van der Waals surface area contributed by atoms with E-state index in [1.165, 1.54) is 5.56 Å². The molecular formula is C32H34ClN5O4. The summed E-state index contributed by atoms with van der Waals surface area (Å²) >= 11 is 6.06. The van der Waals surface area contributed by atoms with Crippen LogP contribution in [0.25, 0.3) is 6.08 Å². The molecule has 6 rings (SSSR count). The smallest absolute Gasteiger partial charge is 0.328 e. The van der Waals surface area contributed by atoms with Crippen molar-refractivity contribution >= 4 is 23.6 Å². The van der Waals surface area contributed by atoms with Crippen LogP contribution in [0.15, 0.2) is 67.3 Å². The van der Waals surface area contributed by atoms with Gasteiger partial charge in [-0.1, -0.05) is 35.9 Å². The highest BCUT2D eigenvalue weighted by molar-refractivity contribution is 6.30. The number of fused-ring (bicyclic) bond motifs is 1. The fourth-order valence-corrected chi connectivity index (χ4v) is 5.97. The van der Waals surface area contributed by atoms with E-state index in [1.807, 2.05) is 42.9 Å². The molecule has 10 heteroatoms. The van der Waals surface area contributed by atoms with E-state index >= 15 is 0 Å². The van der Waals surface area contributed by atoms with Crippen LogP contribution in [0.4, 0.5) is 0 Å². The van der Waals surface area contributed by atoms with Crippen LogP contribution in [0.3, 0.4) is 0 Å². The molecule has 1 N–H and O–H groups in total. The van der Waals surface area contributed by atoms with Gasteiger partial charge in [0, 0.05) is 29.4 Å². The number of nitrogens with zero attached hydrogens (tertiary/aromatic N) is 5. The molecule has 0 spiro atoms. The van der Waals surface area contributed by atoms with Gasteiger partial charge in [0.15, 0.2) is 17.6 Å². The number of benzene rings is 2. The van der Waals surface area contributed by atoms with Gasteiger partial charge in [0.2, 0.25) is 0 Å². The molecular weight excluding hydrogens is 554 g/mol. The monoisotopic (exact) mass is 587 g/mol. The number of carboxylic acid groups (broad SMARTS) is 1. The summed E-state index contributed by atoms with van der Waals surface area (Å²) in [5.41, 5.74) is 4.06. The number of aryl methyl sites for hydroxylation is 1. The van der Waals surface area contributed by atoms with Gasteiger partial charge in [-0.2, -0.15) is 0 Å². The topological polar surface area (TPSA) is 94.6 Å². The number of para-hydroxylation sites is 1. The van der Waals surface area contributed by atoms with Gasteiger partial charge in [-0.25, -0.2) is 14.8 Å². The second-order valence-electron chi connectivity index (χ2n) is 10.7. The average molecular weight is 588 g/mol. The molecule has 0 radical (unpaired) electrons. The molecule has 4 heterocycles. The lowest BCUT2D eigenvalue weighted by Gasteiger charge is -2.34. The van der Waals surface area contributed by atoms with E-state index in [4.69, 9.17) is 26.1 Å². The number of rotatable bonds is 9. The molecule has 9 nitrogen and oxygen atoms in total. The molecule has 0 bridgehead atoms. The van der Waals surface area contributed by atoms with Crippen LogP contribution in [-0.2, 0) is 24.4 Å². The standard InChI is InChI=1S/C32H34ClN5O4/c1-2-37-21-34-16-26(37)18-38-25(10-11-31(39)40)17-35-30(38)19-36-14-12-22(13-15-36)27-4-3-5-28-32(27)41-20-29(42-28)23-6-8-24(33)9-7-23/h3-11,16-17,21-22,29H,2,12-15,18-20H2,1H3,(H,39,40)/b11-10+. The summed E-state index contributed by atoms with van der Waals surface area (Å²) < 4.78 is 16.9. The first-order chi connectivity index (χ1) is 20.5. The van der Waals surface area contributed by atoms with Crippen LogP contribution >= 0.6 is 11.6 Å². The Labute approximate surface area is 250 Å². The molecule has 0 aliphatic carbocycles. The summed E-state index contributed by atoms with van der Waals surface area (Å²) in [6.07, 6.45) is 10.0. The van der Waals surface area contributed by atoms with Gasteiger partial charge in [0.25, 0.3) is 0 Å². The second kappa shape index (κ2) is 12.4. The number of piperidine rings is 1. The van der Waals surface area contributed by atoms with Crippen LogP contribution in [-0.4, -0.2) is 54.8 Å². The minimum Gasteiger partial charge on any atom is -0.485 e. The van der Waals surface area contributed by atoms with Crippen molar-refractivity contribution in [1.29, 1.82) is 0 Å². The van der Waals surface area contributed by atoms with Crippen molar-refractivity contribution in [2.75, 3.05) is 19.7 Å². The number of likely N-dealkylation sites (tertiary alicyclic amines) is 1. The third-order valence-corrected chi connectivity index (χ3v) is 8.37. The molecule has 2 aliphatic rings. The number of carbonyl (C=O) groups is 1. The molecule has 0 amide bonds. The van der Waals surface area contributed by atoms with Crippen LogP contribution in [0.5, 0.6) is 11.5 Å². The van der Waals surface area contributed by atoms with Crippen molar-refractivity contribution < 1.29 is 19.4 Å². The molecule has 2 aromatic carbocycles. The minimum absolute atomic E-state index is 0.165. The Bertz CT molecular complexity index is 1570. The number of aromatic nitrogens is 4. The molecule has 1 unspecified atom stereocenters. The van der Waals surface area contributed by atoms with E-state index in [9.17, 15) is 9.90 Å². The van der Waals surface area contributed by atoms with Crippen molar-refractivity contribution in [3.63, 3.8) is 0 Å². The molecule has 1 atom stereocenters.